The molecule has 0 heterocycles. The Hall–Kier alpha value is -2.60. The molecular weight excluding hydrogens is 300 g/mol. The summed E-state index contributed by atoms with van der Waals surface area (Å²) in [4.78, 5) is 0. The monoisotopic (exact) mass is 326 g/mol. The summed E-state index contributed by atoms with van der Waals surface area (Å²) in [6, 6.07) is 28.3. The van der Waals surface area contributed by atoms with E-state index in [-0.39, 0.29) is 0 Å². The predicted molar refractivity (Wildman–Crippen MR) is 110 cm³/mol. The molecule has 0 fully saturated rings. The molecule has 3 rings (SSSR count). The van der Waals surface area contributed by atoms with Crippen molar-refractivity contribution >= 4 is 0 Å². The molecule has 0 spiro atoms. The van der Waals surface area contributed by atoms with Crippen LogP contribution in [-0.4, -0.2) is 0 Å². The fourth-order valence-electron chi connectivity index (χ4n) is 3.36. The third-order valence-electron chi connectivity index (χ3n) is 4.60. The number of rotatable bonds is 7. The van der Waals surface area contributed by atoms with Gasteiger partial charge in [0.05, 0.1) is 0 Å². The van der Waals surface area contributed by atoms with Crippen molar-refractivity contribution in [1.82, 2.24) is 0 Å². The Kier molecular flexibility index (Phi) is 6.23. The van der Waals surface area contributed by atoms with E-state index in [0.29, 0.717) is 0 Å². The Morgan fingerprint density at radius 1 is 0.680 bits per heavy atom. The second-order valence-electron chi connectivity index (χ2n) is 6.39. The van der Waals surface area contributed by atoms with E-state index in [0.717, 1.165) is 6.42 Å². The van der Waals surface area contributed by atoms with E-state index in [2.05, 4.69) is 97.9 Å². The zero-order valence-electron chi connectivity index (χ0n) is 15.0. The van der Waals surface area contributed by atoms with E-state index in [1.165, 1.54) is 47.1 Å². The van der Waals surface area contributed by atoms with E-state index in [1.54, 1.807) is 0 Å². The average molecular weight is 326 g/mol. The first kappa shape index (κ1) is 17.2. The summed E-state index contributed by atoms with van der Waals surface area (Å²) in [6.07, 6.45) is 9.18. The van der Waals surface area contributed by atoms with Gasteiger partial charge in [0.1, 0.15) is 0 Å². The fraction of sp³-hybridized carbons (Fsp3) is 0.200. The SMILES string of the molecule is CC=CCCCCc1cccc(-c2ccccc2)c1-c1ccccc1. The van der Waals surface area contributed by atoms with Gasteiger partial charge in [-0.15, -0.1) is 0 Å². The molecule has 0 heteroatoms. The normalized spacial score (nSPS) is 11.1. The summed E-state index contributed by atoms with van der Waals surface area (Å²) in [6.45, 7) is 2.09. The van der Waals surface area contributed by atoms with Gasteiger partial charge in [-0.3, -0.25) is 0 Å². The van der Waals surface area contributed by atoms with Crippen LogP contribution >= 0.6 is 0 Å². The Morgan fingerprint density at radius 3 is 2.04 bits per heavy atom. The molecule has 0 nitrogen and oxygen atoms in total. The highest BCUT2D eigenvalue weighted by molar-refractivity contribution is 5.85. The highest BCUT2D eigenvalue weighted by Crippen LogP contribution is 2.35. The van der Waals surface area contributed by atoms with Gasteiger partial charge in [0.25, 0.3) is 0 Å². The number of benzene rings is 3. The molecular formula is C25H26. The topological polar surface area (TPSA) is 0 Å². The first-order valence-electron chi connectivity index (χ1n) is 9.24. The lowest BCUT2D eigenvalue weighted by atomic mass is 9.88. The van der Waals surface area contributed by atoms with Crippen LogP contribution in [0.25, 0.3) is 22.3 Å². The van der Waals surface area contributed by atoms with E-state index < -0.39 is 0 Å². The lowest BCUT2D eigenvalue weighted by Gasteiger charge is -2.16. The van der Waals surface area contributed by atoms with Crippen molar-refractivity contribution in [3.63, 3.8) is 0 Å². The predicted octanol–water partition coefficient (Wildman–Crippen LogP) is 7.31. The highest BCUT2D eigenvalue weighted by Gasteiger charge is 2.11. The molecule has 0 bridgehead atoms. The summed E-state index contributed by atoms with van der Waals surface area (Å²) in [5, 5.41) is 0. The molecule has 0 amide bonds. The fourth-order valence-corrected chi connectivity index (χ4v) is 3.36. The lowest BCUT2D eigenvalue weighted by Crippen LogP contribution is -1.94. The summed E-state index contributed by atoms with van der Waals surface area (Å²) in [7, 11) is 0. The number of hydrogen-bond donors (Lipinski definition) is 0. The van der Waals surface area contributed by atoms with Gasteiger partial charge in [-0.05, 0) is 60.4 Å². The Morgan fingerprint density at radius 2 is 1.36 bits per heavy atom. The average Bonchev–Trinajstić information content (AvgIpc) is 2.69. The van der Waals surface area contributed by atoms with Crippen LogP contribution in [0.5, 0.6) is 0 Å². The van der Waals surface area contributed by atoms with Crippen LogP contribution in [0.15, 0.2) is 91.0 Å². The Labute approximate surface area is 151 Å². The van der Waals surface area contributed by atoms with Gasteiger partial charge >= 0.3 is 0 Å². The first-order valence-corrected chi connectivity index (χ1v) is 9.24. The maximum atomic E-state index is 2.30. The van der Waals surface area contributed by atoms with E-state index in [4.69, 9.17) is 0 Å². The minimum absolute atomic E-state index is 1.13. The second kappa shape index (κ2) is 9.03. The molecule has 0 aliphatic carbocycles. The Balaban J connectivity index is 1.97. The van der Waals surface area contributed by atoms with Crippen molar-refractivity contribution in [1.29, 1.82) is 0 Å². The van der Waals surface area contributed by atoms with E-state index in [1.807, 2.05) is 0 Å². The maximum absolute atomic E-state index is 2.30. The van der Waals surface area contributed by atoms with Crippen LogP contribution in [-0.2, 0) is 6.42 Å². The van der Waals surface area contributed by atoms with Gasteiger partial charge in [0.2, 0.25) is 0 Å². The molecule has 0 aliphatic rings. The molecule has 25 heavy (non-hydrogen) atoms. The number of allylic oxidation sites excluding steroid dienone is 2. The van der Waals surface area contributed by atoms with Crippen LogP contribution in [0.4, 0.5) is 0 Å². The third kappa shape index (κ3) is 4.48. The summed E-state index contributed by atoms with van der Waals surface area (Å²) < 4.78 is 0. The van der Waals surface area contributed by atoms with Gasteiger partial charge < -0.3 is 0 Å². The first-order chi connectivity index (χ1) is 12.4. The van der Waals surface area contributed by atoms with Gasteiger partial charge in [-0.25, -0.2) is 0 Å². The van der Waals surface area contributed by atoms with Crippen molar-refractivity contribution in [2.24, 2.45) is 0 Å². The molecule has 0 saturated heterocycles. The minimum Gasteiger partial charge on any atom is -0.0917 e. The van der Waals surface area contributed by atoms with Gasteiger partial charge in [-0.1, -0.05) is 91.0 Å². The van der Waals surface area contributed by atoms with Crippen molar-refractivity contribution in [2.75, 3.05) is 0 Å². The second-order valence-corrected chi connectivity index (χ2v) is 6.39. The van der Waals surface area contributed by atoms with Crippen LogP contribution < -0.4 is 0 Å². The highest BCUT2D eigenvalue weighted by atomic mass is 14.2. The summed E-state index contributed by atoms with van der Waals surface area (Å²) in [5.41, 5.74) is 6.77. The Bertz CT molecular complexity index is 798. The standard InChI is InChI=1S/C25H26/c1-2-3-4-5-8-16-23-19-13-20-24(21-14-9-6-10-15-21)25(23)22-17-11-7-12-18-22/h2-3,6-7,9-15,17-20H,4-5,8,16H2,1H3. The van der Waals surface area contributed by atoms with Crippen LogP contribution in [0.2, 0.25) is 0 Å². The number of aryl methyl sites for hydroxylation is 1. The molecule has 3 aromatic rings. The third-order valence-corrected chi connectivity index (χ3v) is 4.60. The minimum atomic E-state index is 1.13. The van der Waals surface area contributed by atoms with Gasteiger partial charge in [0.15, 0.2) is 0 Å². The quantitative estimate of drug-likeness (QED) is 0.315. The zero-order chi connectivity index (χ0) is 17.3. The largest absolute Gasteiger partial charge is 0.0917 e. The summed E-state index contributed by atoms with van der Waals surface area (Å²) >= 11 is 0. The number of unbranched alkanes of at least 4 members (excludes halogenated alkanes) is 2. The molecule has 0 atom stereocenters. The molecule has 0 N–H and O–H groups in total. The molecule has 126 valence electrons. The van der Waals surface area contributed by atoms with Crippen LogP contribution in [0.1, 0.15) is 31.7 Å². The molecule has 0 radical (unpaired) electrons. The molecule has 0 aromatic heterocycles. The summed E-state index contributed by atoms with van der Waals surface area (Å²) in [5.74, 6) is 0. The van der Waals surface area contributed by atoms with Gasteiger partial charge in [-0.2, -0.15) is 0 Å². The van der Waals surface area contributed by atoms with Crippen molar-refractivity contribution in [3.05, 3.63) is 96.6 Å². The van der Waals surface area contributed by atoms with E-state index in [9.17, 15) is 0 Å². The van der Waals surface area contributed by atoms with Crippen molar-refractivity contribution in [2.45, 2.75) is 32.6 Å². The van der Waals surface area contributed by atoms with Crippen LogP contribution in [0.3, 0.4) is 0 Å². The smallest absolute Gasteiger partial charge is 0.00733 e. The van der Waals surface area contributed by atoms with E-state index >= 15 is 0 Å². The van der Waals surface area contributed by atoms with Crippen LogP contribution in [0, 0.1) is 0 Å². The number of hydrogen-bond acceptors (Lipinski definition) is 0. The van der Waals surface area contributed by atoms with Crippen molar-refractivity contribution < 1.29 is 0 Å². The molecule has 0 aliphatic heterocycles. The molecule has 3 aromatic carbocycles. The lowest BCUT2D eigenvalue weighted by molar-refractivity contribution is 0.748. The molecule has 0 unspecified atom stereocenters. The zero-order valence-corrected chi connectivity index (χ0v) is 15.0. The maximum Gasteiger partial charge on any atom is -0.00733 e. The van der Waals surface area contributed by atoms with Crippen molar-refractivity contribution in [3.8, 4) is 22.3 Å². The van der Waals surface area contributed by atoms with Gasteiger partial charge in [0, 0.05) is 0 Å². The molecule has 0 saturated carbocycles.